The second-order valence-electron chi connectivity index (χ2n) is 6.62. The maximum atomic E-state index is 11.4. The third kappa shape index (κ3) is 7.96. The molecule has 1 saturated heterocycles. The minimum atomic E-state index is -3.14. The molecule has 7 nitrogen and oxygen atoms in total. The van der Waals surface area contributed by atoms with Crippen LogP contribution in [0.2, 0.25) is 0 Å². The molecule has 2 fully saturated rings. The zero-order valence-corrected chi connectivity index (χ0v) is 18.6. The molecule has 1 atom stereocenters. The van der Waals surface area contributed by atoms with Crippen molar-refractivity contribution in [3.05, 3.63) is 0 Å². The smallest absolute Gasteiger partial charge is 0.211 e. The van der Waals surface area contributed by atoms with Crippen molar-refractivity contribution in [2.24, 2.45) is 4.99 Å². The molecule has 148 valence electrons. The standard InChI is InChI=1S/C16H33N5O2S.HI/c1-3-17-16(18-10-11-19-24(22,23)4-2)20-14-9-12-21(13-14)15-7-5-6-8-15;/h14-15,19H,3-13H2,1-2H3,(H2,17,18,20);1H. The van der Waals surface area contributed by atoms with Gasteiger partial charge >= 0.3 is 0 Å². The molecule has 1 aliphatic heterocycles. The summed E-state index contributed by atoms with van der Waals surface area (Å²) in [5, 5.41) is 6.75. The molecule has 2 rings (SSSR count). The molecule has 0 bridgehead atoms. The SMILES string of the molecule is CCNC(=NCCNS(=O)(=O)CC)NC1CCN(C2CCCC2)C1.I. The van der Waals surface area contributed by atoms with Gasteiger partial charge in [0.1, 0.15) is 0 Å². The molecule has 3 N–H and O–H groups in total. The van der Waals surface area contributed by atoms with Gasteiger partial charge < -0.3 is 10.6 Å². The third-order valence-electron chi connectivity index (χ3n) is 4.83. The molecule has 9 heteroatoms. The molecular weight excluding hydrogens is 453 g/mol. The number of likely N-dealkylation sites (tertiary alicyclic amines) is 1. The molecule has 1 unspecified atom stereocenters. The Hall–Kier alpha value is -0.130. The molecule has 1 saturated carbocycles. The lowest BCUT2D eigenvalue weighted by molar-refractivity contribution is 0.242. The van der Waals surface area contributed by atoms with Crippen molar-refractivity contribution in [2.75, 3.05) is 38.5 Å². The normalized spacial score (nSPS) is 22.8. The number of sulfonamides is 1. The molecule has 1 aliphatic carbocycles. The first-order valence-electron chi connectivity index (χ1n) is 9.30. The zero-order chi connectivity index (χ0) is 17.4. The summed E-state index contributed by atoms with van der Waals surface area (Å²) >= 11 is 0. The van der Waals surface area contributed by atoms with Gasteiger partial charge in [-0.05, 0) is 33.1 Å². The molecule has 1 heterocycles. The predicted molar refractivity (Wildman–Crippen MR) is 114 cm³/mol. The van der Waals surface area contributed by atoms with Gasteiger partial charge in [0.15, 0.2) is 5.96 Å². The van der Waals surface area contributed by atoms with E-state index in [4.69, 9.17) is 0 Å². The van der Waals surface area contributed by atoms with E-state index in [1.54, 1.807) is 6.92 Å². The number of nitrogens with one attached hydrogen (secondary N) is 3. The lowest BCUT2D eigenvalue weighted by Gasteiger charge is -2.24. The summed E-state index contributed by atoms with van der Waals surface area (Å²) in [7, 11) is -3.14. The van der Waals surface area contributed by atoms with E-state index in [0.717, 1.165) is 38.1 Å². The van der Waals surface area contributed by atoms with Gasteiger partial charge in [-0.3, -0.25) is 9.89 Å². The maximum absolute atomic E-state index is 11.4. The van der Waals surface area contributed by atoms with Gasteiger partial charge in [0, 0.05) is 38.3 Å². The largest absolute Gasteiger partial charge is 0.357 e. The number of guanidine groups is 1. The van der Waals surface area contributed by atoms with Crippen molar-refractivity contribution in [3.63, 3.8) is 0 Å². The number of hydrogen-bond acceptors (Lipinski definition) is 4. The summed E-state index contributed by atoms with van der Waals surface area (Å²) in [6.45, 7) is 7.49. The number of nitrogens with zero attached hydrogens (tertiary/aromatic N) is 2. The average molecular weight is 487 g/mol. The zero-order valence-electron chi connectivity index (χ0n) is 15.5. The van der Waals surface area contributed by atoms with Crippen LogP contribution in [-0.4, -0.2) is 69.8 Å². The van der Waals surface area contributed by atoms with E-state index in [0.29, 0.717) is 19.1 Å². The summed E-state index contributed by atoms with van der Waals surface area (Å²) in [5.74, 6) is 0.889. The second-order valence-corrected chi connectivity index (χ2v) is 8.72. The second kappa shape index (κ2) is 11.6. The van der Waals surface area contributed by atoms with Gasteiger partial charge in [0.05, 0.1) is 12.3 Å². The quantitative estimate of drug-likeness (QED) is 0.207. The molecule has 0 radical (unpaired) electrons. The van der Waals surface area contributed by atoms with Crippen molar-refractivity contribution in [1.29, 1.82) is 0 Å². The summed E-state index contributed by atoms with van der Waals surface area (Å²) in [6, 6.07) is 1.20. The van der Waals surface area contributed by atoms with Crippen molar-refractivity contribution in [1.82, 2.24) is 20.3 Å². The summed E-state index contributed by atoms with van der Waals surface area (Å²) < 4.78 is 25.4. The van der Waals surface area contributed by atoms with E-state index < -0.39 is 10.0 Å². The monoisotopic (exact) mass is 487 g/mol. The Balaban J connectivity index is 0.00000312. The van der Waals surface area contributed by atoms with Crippen molar-refractivity contribution < 1.29 is 8.42 Å². The molecule has 0 aromatic carbocycles. The first-order valence-corrected chi connectivity index (χ1v) is 11.0. The first kappa shape index (κ1) is 22.9. The van der Waals surface area contributed by atoms with Crippen LogP contribution < -0.4 is 15.4 Å². The molecule has 0 spiro atoms. The Labute approximate surface area is 169 Å². The Bertz CT molecular complexity index is 509. The van der Waals surface area contributed by atoms with Crippen LogP contribution in [0.3, 0.4) is 0 Å². The summed E-state index contributed by atoms with van der Waals surface area (Å²) in [5.41, 5.74) is 0. The first-order chi connectivity index (χ1) is 11.5. The molecule has 25 heavy (non-hydrogen) atoms. The minimum absolute atomic E-state index is 0. The Morgan fingerprint density at radius 3 is 2.56 bits per heavy atom. The third-order valence-corrected chi connectivity index (χ3v) is 6.23. The van der Waals surface area contributed by atoms with E-state index in [9.17, 15) is 8.42 Å². The van der Waals surface area contributed by atoms with E-state index in [1.165, 1.54) is 25.7 Å². The Kier molecular flexibility index (Phi) is 10.6. The minimum Gasteiger partial charge on any atom is -0.357 e. The number of aliphatic imine (C=N–C) groups is 1. The summed E-state index contributed by atoms with van der Waals surface area (Å²) in [4.78, 5) is 7.10. The summed E-state index contributed by atoms with van der Waals surface area (Å²) in [6.07, 6.45) is 6.58. The molecule has 2 aliphatic rings. The maximum Gasteiger partial charge on any atom is 0.211 e. The van der Waals surface area contributed by atoms with Gasteiger partial charge in [-0.1, -0.05) is 12.8 Å². The van der Waals surface area contributed by atoms with Crippen LogP contribution in [0.15, 0.2) is 4.99 Å². The van der Waals surface area contributed by atoms with Gasteiger partial charge in [-0.2, -0.15) is 0 Å². The van der Waals surface area contributed by atoms with Crippen LogP contribution in [-0.2, 0) is 10.0 Å². The highest BCUT2D eigenvalue weighted by Crippen LogP contribution is 2.26. The lowest BCUT2D eigenvalue weighted by atomic mass is 10.2. The fourth-order valence-corrected chi connectivity index (χ4v) is 4.10. The van der Waals surface area contributed by atoms with E-state index in [-0.39, 0.29) is 29.7 Å². The van der Waals surface area contributed by atoms with E-state index in [2.05, 4.69) is 25.2 Å². The van der Waals surface area contributed by atoms with Crippen LogP contribution in [0.25, 0.3) is 0 Å². The lowest BCUT2D eigenvalue weighted by Crippen LogP contribution is -2.45. The number of halogens is 1. The van der Waals surface area contributed by atoms with Gasteiger partial charge in [-0.25, -0.2) is 13.1 Å². The van der Waals surface area contributed by atoms with Gasteiger partial charge in [0.25, 0.3) is 0 Å². The van der Waals surface area contributed by atoms with Crippen LogP contribution in [0.1, 0.15) is 46.0 Å². The van der Waals surface area contributed by atoms with Crippen LogP contribution in [0, 0.1) is 0 Å². The molecule has 0 aromatic heterocycles. The number of rotatable bonds is 8. The van der Waals surface area contributed by atoms with Crippen LogP contribution in [0.5, 0.6) is 0 Å². The van der Waals surface area contributed by atoms with Gasteiger partial charge in [-0.15, -0.1) is 24.0 Å². The Morgan fingerprint density at radius 1 is 1.20 bits per heavy atom. The van der Waals surface area contributed by atoms with E-state index in [1.807, 2.05) is 6.92 Å². The Morgan fingerprint density at radius 2 is 1.92 bits per heavy atom. The fraction of sp³-hybridized carbons (Fsp3) is 0.938. The molecular formula is C16H34IN5O2S. The van der Waals surface area contributed by atoms with Crippen molar-refractivity contribution in [2.45, 2.75) is 58.0 Å². The average Bonchev–Trinajstić information content (AvgIpc) is 3.23. The highest BCUT2D eigenvalue weighted by Gasteiger charge is 2.30. The predicted octanol–water partition coefficient (Wildman–Crippen LogP) is 1.12. The highest BCUT2D eigenvalue weighted by atomic mass is 127. The molecule has 0 aromatic rings. The fourth-order valence-electron chi connectivity index (χ4n) is 3.49. The molecule has 0 amide bonds. The van der Waals surface area contributed by atoms with Crippen LogP contribution >= 0.6 is 24.0 Å². The van der Waals surface area contributed by atoms with E-state index >= 15 is 0 Å². The topological polar surface area (TPSA) is 85.8 Å². The highest BCUT2D eigenvalue weighted by molar-refractivity contribution is 14.0. The van der Waals surface area contributed by atoms with Crippen LogP contribution in [0.4, 0.5) is 0 Å². The van der Waals surface area contributed by atoms with Crippen molar-refractivity contribution in [3.8, 4) is 0 Å². The number of hydrogen-bond donors (Lipinski definition) is 3. The van der Waals surface area contributed by atoms with Crippen molar-refractivity contribution >= 4 is 40.0 Å². The van der Waals surface area contributed by atoms with Gasteiger partial charge in [0.2, 0.25) is 10.0 Å².